The zero-order valence-electron chi connectivity index (χ0n) is 11.6. The highest BCUT2D eigenvalue weighted by molar-refractivity contribution is 5.85. The molecule has 2 aromatic rings. The van der Waals surface area contributed by atoms with Gasteiger partial charge in [-0.15, -0.1) is 12.4 Å². The summed E-state index contributed by atoms with van der Waals surface area (Å²) in [7, 11) is 1.98. The fourth-order valence-corrected chi connectivity index (χ4v) is 2.06. The van der Waals surface area contributed by atoms with Crippen LogP contribution < -0.4 is 10.2 Å². The van der Waals surface area contributed by atoms with Crippen LogP contribution in [0.4, 0.5) is 18.9 Å². The topological polar surface area (TPSA) is 54.2 Å². The van der Waals surface area contributed by atoms with E-state index >= 15 is 0 Å². The molecule has 0 aliphatic carbocycles. The SMILES string of the molecule is CN(c1ccc(-c2noc(C(F)(F)F)n2)cc1)C1CNC1.Cl. The molecule has 3 rings (SSSR count). The summed E-state index contributed by atoms with van der Waals surface area (Å²) in [5, 5.41) is 6.55. The summed E-state index contributed by atoms with van der Waals surface area (Å²) in [6, 6.07) is 7.47. The van der Waals surface area contributed by atoms with Crippen LogP contribution in [-0.4, -0.2) is 36.3 Å². The Kier molecular flexibility index (Phi) is 4.62. The van der Waals surface area contributed by atoms with Crippen LogP contribution in [0.15, 0.2) is 28.8 Å². The van der Waals surface area contributed by atoms with Crippen molar-refractivity contribution in [2.45, 2.75) is 12.2 Å². The van der Waals surface area contributed by atoms with Crippen molar-refractivity contribution in [3.05, 3.63) is 30.2 Å². The van der Waals surface area contributed by atoms with E-state index in [0.29, 0.717) is 11.6 Å². The van der Waals surface area contributed by atoms with Crippen molar-refractivity contribution in [2.24, 2.45) is 0 Å². The molecule has 1 aromatic heterocycles. The Hall–Kier alpha value is -1.80. The minimum atomic E-state index is -4.62. The average molecular weight is 335 g/mol. The van der Waals surface area contributed by atoms with Gasteiger partial charge in [0, 0.05) is 31.4 Å². The predicted molar refractivity (Wildman–Crippen MR) is 77.0 cm³/mol. The lowest BCUT2D eigenvalue weighted by atomic mass is 10.1. The van der Waals surface area contributed by atoms with Crippen molar-refractivity contribution in [2.75, 3.05) is 25.0 Å². The summed E-state index contributed by atoms with van der Waals surface area (Å²) >= 11 is 0. The Morgan fingerprint density at radius 3 is 2.32 bits per heavy atom. The highest BCUT2D eigenvalue weighted by Crippen LogP contribution is 2.30. The molecule has 0 atom stereocenters. The fourth-order valence-electron chi connectivity index (χ4n) is 2.06. The van der Waals surface area contributed by atoms with Crippen LogP contribution in [0.2, 0.25) is 0 Å². The maximum Gasteiger partial charge on any atom is 0.471 e. The number of nitrogens with one attached hydrogen (secondary N) is 1. The molecule has 0 radical (unpaired) electrons. The first-order valence-electron chi connectivity index (χ1n) is 6.40. The molecule has 0 spiro atoms. The Balaban J connectivity index is 0.00000176. The number of hydrogen-bond donors (Lipinski definition) is 1. The normalized spacial score (nSPS) is 15.1. The molecule has 5 nitrogen and oxygen atoms in total. The van der Waals surface area contributed by atoms with Gasteiger partial charge in [0.1, 0.15) is 0 Å². The summed E-state index contributed by atoms with van der Waals surface area (Å²) in [6.45, 7) is 1.86. The van der Waals surface area contributed by atoms with Gasteiger partial charge in [-0.3, -0.25) is 0 Å². The van der Waals surface area contributed by atoms with Gasteiger partial charge in [0.05, 0.1) is 6.04 Å². The second-order valence-electron chi connectivity index (χ2n) is 4.89. The lowest BCUT2D eigenvalue weighted by Gasteiger charge is -2.37. The Labute approximate surface area is 130 Å². The number of benzene rings is 1. The number of halogens is 4. The molecule has 9 heteroatoms. The van der Waals surface area contributed by atoms with E-state index in [1.165, 1.54) is 0 Å². The fraction of sp³-hybridized carbons (Fsp3) is 0.385. The molecule has 1 aliphatic heterocycles. The van der Waals surface area contributed by atoms with Gasteiger partial charge < -0.3 is 14.7 Å². The predicted octanol–water partition coefficient (Wildman–Crippen LogP) is 2.59. The van der Waals surface area contributed by atoms with Crippen LogP contribution in [0.5, 0.6) is 0 Å². The molecular weight excluding hydrogens is 321 g/mol. The minimum absolute atomic E-state index is 0. The molecule has 0 amide bonds. The van der Waals surface area contributed by atoms with Gasteiger partial charge >= 0.3 is 12.1 Å². The Morgan fingerprint density at radius 2 is 1.86 bits per heavy atom. The molecule has 2 heterocycles. The lowest BCUT2D eigenvalue weighted by molar-refractivity contribution is -0.159. The van der Waals surface area contributed by atoms with Crippen LogP contribution in [0, 0.1) is 0 Å². The quantitative estimate of drug-likeness (QED) is 0.935. The number of nitrogens with zero attached hydrogens (tertiary/aromatic N) is 3. The first-order chi connectivity index (χ1) is 9.95. The van der Waals surface area contributed by atoms with Crippen LogP contribution in [-0.2, 0) is 6.18 Å². The van der Waals surface area contributed by atoms with E-state index in [9.17, 15) is 13.2 Å². The van der Waals surface area contributed by atoms with Gasteiger partial charge in [-0.05, 0) is 24.3 Å². The molecule has 1 fully saturated rings. The zero-order valence-corrected chi connectivity index (χ0v) is 12.4. The molecule has 0 bridgehead atoms. The number of rotatable bonds is 3. The van der Waals surface area contributed by atoms with Gasteiger partial charge in [-0.1, -0.05) is 5.16 Å². The number of alkyl halides is 3. The van der Waals surface area contributed by atoms with Gasteiger partial charge in [-0.25, -0.2) is 0 Å². The van der Waals surface area contributed by atoms with Crippen LogP contribution in [0.3, 0.4) is 0 Å². The van der Waals surface area contributed by atoms with E-state index in [2.05, 4.69) is 24.9 Å². The third kappa shape index (κ3) is 3.17. The van der Waals surface area contributed by atoms with E-state index in [1.54, 1.807) is 12.1 Å². The smallest absolute Gasteiger partial charge is 0.369 e. The van der Waals surface area contributed by atoms with Crippen molar-refractivity contribution < 1.29 is 17.7 Å². The molecule has 0 saturated carbocycles. The second kappa shape index (κ2) is 6.13. The summed E-state index contributed by atoms with van der Waals surface area (Å²) in [4.78, 5) is 5.49. The molecule has 1 aromatic carbocycles. The summed E-state index contributed by atoms with van der Waals surface area (Å²) in [6.07, 6.45) is -4.62. The summed E-state index contributed by atoms with van der Waals surface area (Å²) in [5.74, 6) is -1.40. The van der Waals surface area contributed by atoms with Gasteiger partial charge in [0.25, 0.3) is 0 Å². The standard InChI is InChI=1S/C13H13F3N4O.ClH/c1-20(10-6-17-7-10)9-4-2-8(3-5-9)11-18-12(21-19-11)13(14,15)16;/h2-5,10,17H,6-7H2,1H3;1H. The maximum absolute atomic E-state index is 12.4. The average Bonchev–Trinajstić information content (AvgIpc) is 2.86. The molecule has 1 saturated heterocycles. The third-order valence-corrected chi connectivity index (χ3v) is 3.51. The van der Waals surface area contributed by atoms with Crippen molar-refractivity contribution in [3.63, 3.8) is 0 Å². The minimum Gasteiger partial charge on any atom is -0.369 e. The first-order valence-corrected chi connectivity index (χ1v) is 6.40. The summed E-state index contributed by atoms with van der Waals surface area (Å²) < 4.78 is 41.5. The van der Waals surface area contributed by atoms with E-state index < -0.39 is 12.1 Å². The van der Waals surface area contributed by atoms with E-state index in [1.807, 2.05) is 19.2 Å². The van der Waals surface area contributed by atoms with Crippen molar-refractivity contribution in [1.82, 2.24) is 15.5 Å². The highest BCUT2D eigenvalue weighted by atomic mass is 35.5. The van der Waals surface area contributed by atoms with Crippen LogP contribution in [0.25, 0.3) is 11.4 Å². The first kappa shape index (κ1) is 16.6. The Morgan fingerprint density at radius 1 is 1.23 bits per heavy atom. The van der Waals surface area contributed by atoms with Crippen LogP contribution >= 0.6 is 12.4 Å². The molecule has 22 heavy (non-hydrogen) atoms. The second-order valence-corrected chi connectivity index (χ2v) is 4.89. The van der Waals surface area contributed by atoms with E-state index in [0.717, 1.165) is 18.8 Å². The van der Waals surface area contributed by atoms with E-state index in [-0.39, 0.29) is 18.2 Å². The van der Waals surface area contributed by atoms with Crippen molar-refractivity contribution in [1.29, 1.82) is 0 Å². The number of likely N-dealkylation sites (N-methyl/N-ethyl adjacent to an activating group) is 1. The monoisotopic (exact) mass is 334 g/mol. The molecule has 0 unspecified atom stereocenters. The number of anilines is 1. The molecule has 1 aliphatic rings. The molecular formula is C13H14ClF3N4O. The summed E-state index contributed by atoms with van der Waals surface area (Å²) in [5.41, 5.74) is 1.47. The van der Waals surface area contributed by atoms with Crippen LogP contribution in [0.1, 0.15) is 5.89 Å². The third-order valence-electron chi connectivity index (χ3n) is 3.51. The highest BCUT2D eigenvalue weighted by Gasteiger charge is 2.38. The van der Waals surface area contributed by atoms with Gasteiger partial charge in [0.2, 0.25) is 5.82 Å². The maximum atomic E-state index is 12.4. The van der Waals surface area contributed by atoms with Crippen molar-refractivity contribution in [3.8, 4) is 11.4 Å². The number of aromatic nitrogens is 2. The van der Waals surface area contributed by atoms with Gasteiger partial charge in [-0.2, -0.15) is 18.2 Å². The van der Waals surface area contributed by atoms with E-state index in [4.69, 9.17) is 0 Å². The van der Waals surface area contributed by atoms with Crippen molar-refractivity contribution >= 4 is 18.1 Å². The molecule has 1 N–H and O–H groups in total. The number of hydrogen-bond acceptors (Lipinski definition) is 5. The van der Waals surface area contributed by atoms with Gasteiger partial charge in [0.15, 0.2) is 0 Å². The Bertz CT molecular complexity index is 625. The largest absolute Gasteiger partial charge is 0.471 e. The zero-order chi connectivity index (χ0) is 15.0. The molecule has 120 valence electrons. The lowest BCUT2D eigenvalue weighted by Crippen LogP contribution is -2.56.